The van der Waals surface area contributed by atoms with Crippen LogP contribution in [-0.2, 0) is 24.0 Å². The summed E-state index contributed by atoms with van der Waals surface area (Å²) in [5.74, 6) is -1.60. The second-order valence-corrected chi connectivity index (χ2v) is 4.99. The van der Waals surface area contributed by atoms with E-state index in [-0.39, 0.29) is 6.54 Å². The Bertz CT molecular complexity index is 672. The van der Waals surface area contributed by atoms with Crippen molar-refractivity contribution in [2.45, 2.75) is 24.7 Å². The lowest BCUT2D eigenvalue weighted by atomic mass is 9.97. The Balaban J connectivity index is 2.13. The summed E-state index contributed by atoms with van der Waals surface area (Å²) in [6.07, 6.45) is -2.35. The zero-order chi connectivity index (χ0) is 17.1. The van der Waals surface area contributed by atoms with Gasteiger partial charge in [-0.25, -0.2) is 4.98 Å². The van der Waals surface area contributed by atoms with Gasteiger partial charge in [-0.05, 0) is 12.1 Å². The Kier molecular flexibility index (Phi) is 4.69. The number of aryl methyl sites for hydroxylation is 1. The quantitative estimate of drug-likeness (QED) is 0.866. The maximum atomic E-state index is 13.3. The fraction of sp³-hybridized carbons (Fsp3) is 0.357. The van der Waals surface area contributed by atoms with E-state index >= 15 is 0 Å². The molecule has 0 aliphatic heterocycles. The molecule has 0 aliphatic rings. The highest BCUT2D eigenvalue weighted by atomic mass is 19.4. The van der Waals surface area contributed by atoms with Gasteiger partial charge in [0.1, 0.15) is 0 Å². The number of aliphatic hydroxyl groups is 1. The number of alkyl halides is 3. The molecule has 9 heteroatoms. The molecule has 1 amide bonds. The zero-order valence-electron chi connectivity index (χ0n) is 12.2. The smallest absolute Gasteiger partial charge is 0.374 e. The number of aromatic nitrogens is 3. The minimum Gasteiger partial charge on any atom is -0.374 e. The average molecular weight is 328 g/mol. The third kappa shape index (κ3) is 3.67. The number of hydrogen-bond acceptors (Lipinski definition) is 4. The highest BCUT2D eigenvalue weighted by Gasteiger charge is 2.58. The molecule has 0 fully saturated rings. The largest absolute Gasteiger partial charge is 0.425 e. The molecule has 2 aromatic rings. The lowest BCUT2D eigenvalue weighted by Crippen LogP contribution is -2.47. The van der Waals surface area contributed by atoms with Crippen LogP contribution in [0.5, 0.6) is 0 Å². The first kappa shape index (κ1) is 16.9. The van der Waals surface area contributed by atoms with Crippen LogP contribution in [0.1, 0.15) is 17.9 Å². The topological polar surface area (TPSA) is 80.0 Å². The number of nitrogens with one attached hydrogen (secondary N) is 1. The van der Waals surface area contributed by atoms with E-state index < -0.39 is 29.9 Å². The Hall–Kier alpha value is -2.42. The van der Waals surface area contributed by atoms with Gasteiger partial charge in [0, 0.05) is 25.6 Å². The van der Waals surface area contributed by atoms with E-state index in [4.69, 9.17) is 0 Å². The number of carbonyl (C=O) groups excluding carboxylic acids is 1. The van der Waals surface area contributed by atoms with E-state index in [0.29, 0.717) is 5.69 Å². The molecule has 6 nitrogen and oxygen atoms in total. The van der Waals surface area contributed by atoms with Crippen LogP contribution in [0.3, 0.4) is 0 Å². The van der Waals surface area contributed by atoms with E-state index in [0.717, 1.165) is 10.8 Å². The van der Waals surface area contributed by atoms with Crippen LogP contribution >= 0.6 is 0 Å². The summed E-state index contributed by atoms with van der Waals surface area (Å²) in [5, 5.41) is 12.4. The third-order valence-electron chi connectivity index (χ3n) is 3.27. The van der Waals surface area contributed by atoms with Gasteiger partial charge in [-0.2, -0.15) is 13.2 Å². The molecule has 0 saturated carbocycles. The Morgan fingerprint density at radius 1 is 1.30 bits per heavy atom. The van der Waals surface area contributed by atoms with Crippen LogP contribution < -0.4 is 5.32 Å². The number of halogens is 3. The van der Waals surface area contributed by atoms with Crippen molar-refractivity contribution in [1.29, 1.82) is 0 Å². The maximum Gasteiger partial charge on any atom is 0.425 e. The summed E-state index contributed by atoms with van der Waals surface area (Å²) in [4.78, 5) is 19.3. The molecule has 124 valence electrons. The van der Waals surface area contributed by atoms with Crippen molar-refractivity contribution in [2.75, 3.05) is 0 Å². The van der Waals surface area contributed by atoms with E-state index in [1.54, 1.807) is 18.2 Å². The molecular weight excluding hydrogens is 313 g/mol. The van der Waals surface area contributed by atoms with Gasteiger partial charge >= 0.3 is 6.18 Å². The SMILES string of the molecule is Cn1ccnc1C(O)(CC(=O)NCc1ccccn1)C(F)(F)F. The highest BCUT2D eigenvalue weighted by molar-refractivity contribution is 5.77. The molecule has 2 heterocycles. The predicted molar refractivity (Wildman–Crippen MR) is 73.9 cm³/mol. The number of carbonyl (C=O) groups is 1. The maximum absolute atomic E-state index is 13.3. The van der Waals surface area contributed by atoms with Gasteiger partial charge in [0.25, 0.3) is 0 Å². The van der Waals surface area contributed by atoms with Crippen molar-refractivity contribution in [2.24, 2.45) is 7.05 Å². The van der Waals surface area contributed by atoms with Crippen molar-refractivity contribution in [1.82, 2.24) is 19.9 Å². The van der Waals surface area contributed by atoms with Crippen molar-refractivity contribution >= 4 is 5.91 Å². The predicted octanol–water partition coefficient (Wildman–Crippen LogP) is 1.27. The van der Waals surface area contributed by atoms with Crippen LogP contribution in [0.25, 0.3) is 0 Å². The molecule has 0 aliphatic carbocycles. The molecule has 2 aromatic heterocycles. The number of rotatable bonds is 5. The summed E-state index contributed by atoms with van der Waals surface area (Å²) in [6.45, 7) is -0.0336. The minimum absolute atomic E-state index is 0.0336. The van der Waals surface area contributed by atoms with Crippen LogP contribution in [-0.4, -0.2) is 31.7 Å². The van der Waals surface area contributed by atoms with Gasteiger partial charge in [0.2, 0.25) is 11.5 Å². The van der Waals surface area contributed by atoms with Crippen molar-refractivity contribution in [3.05, 3.63) is 48.3 Å². The van der Waals surface area contributed by atoms with Crippen molar-refractivity contribution in [3.63, 3.8) is 0 Å². The van der Waals surface area contributed by atoms with Gasteiger partial charge in [0.15, 0.2) is 5.82 Å². The van der Waals surface area contributed by atoms with Crippen LogP contribution in [0.4, 0.5) is 13.2 Å². The number of hydrogen-bond donors (Lipinski definition) is 2. The average Bonchev–Trinajstić information content (AvgIpc) is 2.91. The third-order valence-corrected chi connectivity index (χ3v) is 3.27. The van der Waals surface area contributed by atoms with E-state index in [2.05, 4.69) is 15.3 Å². The lowest BCUT2D eigenvalue weighted by molar-refractivity contribution is -0.271. The molecule has 0 spiro atoms. The standard InChI is InChI=1S/C14H15F3N4O2/c1-21-7-6-19-12(21)13(23,14(15,16)17)8-11(22)20-9-10-4-2-3-5-18-10/h2-7,23H,8-9H2,1H3,(H,20,22). The molecule has 0 radical (unpaired) electrons. The summed E-state index contributed by atoms with van der Waals surface area (Å²) < 4.78 is 40.9. The Labute approximate surface area is 130 Å². The first-order valence-corrected chi connectivity index (χ1v) is 6.67. The molecule has 2 N–H and O–H groups in total. The molecule has 1 atom stereocenters. The van der Waals surface area contributed by atoms with E-state index in [9.17, 15) is 23.1 Å². The molecule has 0 aromatic carbocycles. The molecule has 1 unspecified atom stereocenters. The first-order valence-electron chi connectivity index (χ1n) is 6.67. The normalized spacial score (nSPS) is 14.3. The molecular formula is C14H15F3N4O2. The summed E-state index contributed by atoms with van der Waals surface area (Å²) >= 11 is 0. The Morgan fingerprint density at radius 2 is 2.04 bits per heavy atom. The minimum atomic E-state index is -5.05. The van der Waals surface area contributed by atoms with Crippen LogP contribution in [0, 0.1) is 0 Å². The number of nitrogens with zero attached hydrogens (tertiary/aromatic N) is 3. The molecule has 2 rings (SSSR count). The Morgan fingerprint density at radius 3 is 2.57 bits per heavy atom. The number of amides is 1. The highest BCUT2D eigenvalue weighted by Crippen LogP contribution is 2.40. The van der Waals surface area contributed by atoms with Gasteiger partial charge in [-0.3, -0.25) is 9.78 Å². The summed E-state index contributed by atoms with van der Waals surface area (Å²) in [6, 6.07) is 4.98. The second-order valence-electron chi connectivity index (χ2n) is 4.99. The van der Waals surface area contributed by atoms with Gasteiger partial charge in [-0.1, -0.05) is 6.07 Å². The van der Waals surface area contributed by atoms with E-state index in [1.807, 2.05) is 0 Å². The van der Waals surface area contributed by atoms with Crippen molar-refractivity contribution in [3.8, 4) is 0 Å². The molecule has 0 bridgehead atoms. The molecule has 23 heavy (non-hydrogen) atoms. The van der Waals surface area contributed by atoms with Gasteiger partial charge in [-0.15, -0.1) is 0 Å². The first-order chi connectivity index (χ1) is 10.7. The summed E-state index contributed by atoms with van der Waals surface area (Å²) in [5.41, 5.74) is -2.87. The number of pyridine rings is 1. The molecule has 0 saturated heterocycles. The van der Waals surface area contributed by atoms with Crippen LogP contribution in [0.15, 0.2) is 36.8 Å². The van der Waals surface area contributed by atoms with Gasteiger partial charge in [0.05, 0.1) is 18.7 Å². The van der Waals surface area contributed by atoms with Gasteiger partial charge < -0.3 is 15.0 Å². The van der Waals surface area contributed by atoms with E-state index in [1.165, 1.54) is 19.4 Å². The lowest BCUT2D eigenvalue weighted by Gasteiger charge is -2.29. The fourth-order valence-electron chi connectivity index (χ4n) is 2.06. The fourth-order valence-corrected chi connectivity index (χ4v) is 2.06. The zero-order valence-corrected chi connectivity index (χ0v) is 12.2. The number of imidazole rings is 1. The second kappa shape index (κ2) is 6.37. The van der Waals surface area contributed by atoms with Crippen LogP contribution in [0.2, 0.25) is 0 Å². The monoisotopic (exact) mass is 328 g/mol. The summed E-state index contributed by atoms with van der Waals surface area (Å²) in [7, 11) is 1.31. The van der Waals surface area contributed by atoms with Crippen molar-refractivity contribution < 1.29 is 23.1 Å².